The fraction of sp³-hybridized carbons (Fsp3) is 0.500. The number of nitrogens with zero attached hydrogens (tertiary/aromatic N) is 2. The zero-order valence-corrected chi connectivity index (χ0v) is 8.88. The third-order valence-corrected chi connectivity index (χ3v) is 3.01. The van der Waals surface area contributed by atoms with Gasteiger partial charge in [0.1, 0.15) is 17.6 Å². The third kappa shape index (κ3) is 1.37. The number of aromatic nitrogens is 2. The molecule has 0 unspecified atom stereocenters. The SMILES string of the molecule is CC[C@@H]1C[C@@H](C(=O)O)n2c1ncc(N)c2=O. The number of carboxylic acids is 1. The highest BCUT2D eigenvalue weighted by Gasteiger charge is 2.36. The van der Waals surface area contributed by atoms with Gasteiger partial charge in [-0.2, -0.15) is 0 Å². The van der Waals surface area contributed by atoms with Crippen molar-refractivity contribution in [3.63, 3.8) is 0 Å². The van der Waals surface area contributed by atoms with Gasteiger partial charge >= 0.3 is 5.97 Å². The van der Waals surface area contributed by atoms with E-state index in [2.05, 4.69) is 4.98 Å². The second-order valence-corrected chi connectivity index (χ2v) is 3.94. The van der Waals surface area contributed by atoms with Crippen molar-refractivity contribution in [3.05, 3.63) is 22.4 Å². The fourth-order valence-corrected chi connectivity index (χ4v) is 2.14. The highest BCUT2D eigenvalue weighted by atomic mass is 16.4. The lowest BCUT2D eigenvalue weighted by atomic mass is 10.0. The molecule has 86 valence electrons. The minimum absolute atomic E-state index is 0.00764. The molecule has 0 aromatic carbocycles. The van der Waals surface area contributed by atoms with E-state index in [-0.39, 0.29) is 11.6 Å². The maximum atomic E-state index is 11.8. The molecule has 2 atom stereocenters. The van der Waals surface area contributed by atoms with Crippen LogP contribution in [0.15, 0.2) is 11.0 Å². The second-order valence-electron chi connectivity index (χ2n) is 3.94. The number of hydrogen-bond acceptors (Lipinski definition) is 4. The molecule has 0 saturated carbocycles. The molecule has 0 aliphatic carbocycles. The van der Waals surface area contributed by atoms with E-state index >= 15 is 0 Å². The van der Waals surface area contributed by atoms with Crippen LogP contribution in [0.2, 0.25) is 0 Å². The van der Waals surface area contributed by atoms with Crippen LogP contribution >= 0.6 is 0 Å². The van der Waals surface area contributed by atoms with Crippen LogP contribution < -0.4 is 11.3 Å². The molecular weight excluding hydrogens is 210 g/mol. The van der Waals surface area contributed by atoms with Crippen LogP contribution in [0.25, 0.3) is 0 Å². The van der Waals surface area contributed by atoms with Crippen molar-refractivity contribution in [2.45, 2.75) is 31.7 Å². The van der Waals surface area contributed by atoms with Gasteiger partial charge < -0.3 is 10.8 Å². The van der Waals surface area contributed by atoms with Gasteiger partial charge in [0, 0.05) is 5.92 Å². The normalized spacial score (nSPS) is 23.1. The van der Waals surface area contributed by atoms with E-state index in [1.54, 1.807) is 0 Å². The lowest BCUT2D eigenvalue weighted by Crippen LogP contribution is -2.29. The van der Waals surface area contributed by atoms with E-state index in [0.29, 0.717) is 12.2 Å². The van der Waals surface area contributed by atoms with Gasteiger partial charge in [-0.1, -0.05) is 6.92 Å². The maximum Gasteiger partial charge on any atom is 0.326 e. The first kappa shape index (κ1) is 10.7. The number of hydrogen-bond donors (Lipinski definition) is 2. The van der Waals surface area contributed by atoms with Crippen molar-refractivity contribution in [3.8, 4) is 0 Å². The molecular formula is C10H13N3O3. The fourth-order valence-electron chi connectivity index (χ4n) is 2.14. The summed E-state index contributed by atoms with van der Waals surface area (Å²) in [6.45, 7) is 1.95. The van der Waals surface area contributed by atoms with Crippen LogP contribution in [-0.2, 0) is 4.79 Å². The summed E-state index contributed by atoms with van der Waals surface area (Å²) >= 11 is 0. The molecule has 1 aliphatic heterocycles. The molecule has 1 aliphatic rings. The van der Waals surface area contributed by atoms with Crippen LogP contribution in [0, 0.1) is 0 Å². The Hall–Kier alpha value is -1.85. The highest BCUT2D eigenvalue weighted by Crippen LogP contribution is 2.35. The smallest absolute Gasteiger partial charge is 0.326 e. The van der Waals surface area contributed by atoms with E-state index in [1.807, 2.05) is 6.92 Å². The quantitative estimate of drug-likeness (QED) is 0.753. The number of nitrogens with two attached hydrogens (primary N) is 1. The highest BCUT2D eigenvalue weighted by molar-refractivity contribution is 5.73. The number of carboxylic acid groups (broad SMARTS) is 1. The minimum Gasteiger partial charge on any atom is -0.480 e. The molecule has 0 amide bonds. The first-order chi connectivity index (χ1) is 7.56. The predicted octanol–water partition coefficient (Wildman–Crippen LogP) is 0.349. The molecule has 0 saturated heterocycles. The first-order valence-electron chi connectivity index (χ1n) is 5.16. The summed E-state index contributed by atoms with van der Waals surface area (Å²) in [5.74, 6) is -0.449. The van der Waals surface area contributed by atoms with Crippen molar-refractivity contribution in [1.82, 2.24) is 9.55 Å². The van der Waals surface area contributed by atoms with Gasteiger partial charge in [0.15, 0.2) is 0 Å². The third-order valence-electron chi connectivity index (χ3n) is 3.01. The predicted molar refractivity (Wildman–Crippen MR) is 57.2 cm³/mol. The number of carbonyl (C=O) groups is 1. The zero-order valence-electron chi connectivity index (χ0n) is 8.88. The standard InChI is InChI=1S/C10H13N3O3/c1-2-5-3-7(10(15)16)13-8(5)12-4-6(11)9(13)14/h4-5,7H,2-3,11H2,1H3,(H,15,16)/t5-,7+/m1/s1. The van der Waals surface area contributed by atoms with Crippen molar-refractivity contribution in [2.75, 3.05) is 5.73 Å². The van der Waals surface area contributed by atoms with Gasteiger partial charge in [0.2, 0.25) is 0 Å². The van der Waals surface area contributed by atoms with Crippen LogP contribution in [0.3, 0.4) is 0 Å². The van der Waals surface area contributed by atoms with E-state index in [9.17, 15) is 9.59 Å². The van der Waals surface area contributed by atoms with Crippen LogP contribution in [-0.4, -0.2) is 20.6 Å². The van der Waals surface area contributed by atoms with Crippen LogP contribution in [0.1, 0.15) is 37.5 Å². The minimum atomic E-state index is -1.01. The van der Waals surface area contributed by atoms with Gasteiger partial charge in [-0.3, -0.25) is 9.36 Å². The van der Waals surface area contributed by atoms with E-state index in [4.69, 9.17) is 10.8 Å². The van der Waals surface area contributed by atoms with Crippen molar-refractivity contribution < 1.29 is 9.90 Å². The van der Waals surface area contributed by atoms with Gasteiger partial charge in [0.25, 0.3) is 5.56 Å². The zero-order chi connectivity index (χ0) is 11.9. The first-order valence-corrected chi connectivity index (χ1v) is 5.16. The van der Waals surface area contributed by atoms with Crippen molar-refractivity contribution in [2.24, 2.45) is 0 Å². The maximum absolute atomic E-state index is 11.8. The molecule has 6 heteroatoms. The largest absolute Gasteiger partial charge is 0.480 e. The van der Waals surface area contributed by atoms with Crippen molar-refractivity contribution >= 4 is 11.7 Å². The molecule has 3 N–H and O–H groups in total. The summed E-state index contributed by atoms with van der Waals surface area (Å²) in [7, 11) is 0. The summed E-state index contributed by atoms with van der Waals surface area (Å²) < 4.78 is 1.21. The van der Waals surface area contributed by atoms with Crippen molar-refractivity contribution in [1.29, 1.82) is 0 Å². The number of anilines is 1. The molecule has 0 spiro atoms. The Kier molecular flexibility index (Phi) is 2.41. The average Bonchev–Trinajstić information content (AvgIpc) is 2.62. The van der Waals surface area contributed by atoms with E-state index in [0.717, 1.165) is 6.42 Å². The molecule has 0 fully saturated rings. The Morgan fingerprint density at radius 2 is 2.44 bits per heavy atom. The topological polar surface area (TPSA) is 98.2 Å². The average molecular weight is 223 g/mol. The summed E-state index contributed by atoms with van der Waals surface area (Å²) in [4.78, 5) is 26.9. The lowest BCUT2D eigenvalue weighted by molar-refractivity contribution is -0.140. The van der Waals surface area contributed by atoms with Gasteiger partial charge in [-0.05, 0) is 12.8 Å². The van der Waals surface area contributed by atoms with Crippen LogP contribution in [0.4, 0.5) is 5.69 Å². The van der Waals surface area contributed by atoms with Gasteiger partial charge in [0.05, 0.1) is 6.20 Å². The molecule has 2 heterocycles. The Morgan fingerprint density at radius 3 is 3.00 bits per heavy atom. The Labute approximate surface area is 91.7 Å². The number of nitrogen functional groups attached to an aromatic ring is 1. The number of fused-ring (bicyclic) bond motifs is 1. The lowest BCUT2D eigenvalue weighted by Gasteiger charge is -2.09. The molecule has 0 radical (unpaired) electrons. The molecule has 6 nitrogen and oxygen atoms in total. The van der Waals surface area contributed by atoms with Gasteiger partial charge in [-0.15, -0.1) is 0 Å². The van der Waals surface area contributed by atoms with E-state index < -0.39 is 17.6 Å². The summed E-state index contributed by atoms with van der Waals surface area (Å²) in [5, 5.41) is 9.06. The number of aliphatic carboxylic acids is 1. The Bertz CT molecular complexity index is 495. The summed E-state index contributed by atoms with van der Waals surface area (Å²) in [6.07, 6.45) is 2.48. The number of rotatable bonds is 2. The molecule has 1 aromatic rings. The second kappa shape index (κ2) is 3.62. The Morgan fingerprint density at radius 1 is 1.75 bits per heavy atom. The molecule has 2 rings (SSSR count). The van der Waals surface area contributed by atoms with Crippen LogP contribution in [0.5, 0.6) is 0 Å². The van der Waals surface area contributed by atoms with Gasteiger partial charge in [-0.25, -0.2) is 9.78 Å². The summed E-state index contributed by atoms with van der Waals surface area (Å²) in [6, 6.07) is -0.830. The molecule has 16 heavy (non-hydrogen) atoms. The molecule has 0 bridgehead atoms. The van der Waals surface area contributed by atoms with E-state index in [1.165, 1.54) is 10.8 Å². The summed E-state index contributed by atoms with van der Waals surface area (Å²) in [5.41, 5.74) is 5.00. The monoisotopic (exact) mass is 223 g/mol. The molecule has 1 aromatic heterocycles. The Balaban J connectivity index is 2.63.